The van der Waals surface area contributed by atoms with Crippen LogP contribution < -0.4 is 0 Å². The molecular formula is C17H14N2. The maximum absolute atomic E-state index is 8.80. The van der Waals surface area contributed by atoms with Gasteiger partial charge in [0.2, 0.25) is 0 Å². The van der Waals surface area contributed by atoms with Gasteiger partial charge < -0.3 is 4.57 Å². The maximum atomic E-state index is 8.80. The molecule has 0 amide bonds. The molecule has 0 spiro atoms. The Balaban J connectivity index is 1.96. The minimum absolute atomic E-state index is 0.706. The van der Waals surface area contributed by atoms with Gasteiger partial charge in [-0.2, -0.15) is 5.26 Å². The monoisotopic (exact) mass is 246 g/mol. The van der Waals surface area contributed by atoms with Crippen LogP contribution in [0.4, 0.5) is 0 Å². The quantitative estimate of drug-likeness (QED) is 0.674. The number of fused-ring (bicyclic) bond motifs is 1. The Morgan fingerprint density at radius 2 is 1.84 bits per heavy atom. The molecule has 1 aromatic heterocycles. The minimum atomic E-state index is 0.706. The van der Waals surface area contributed by atoms with Crippen LogP contribution in [0.5, 0.6) is 0 Å². The predicted octanol–water partition coefficient (Wildman–Crippen LogP) is 3.87. The van der Waals surface area contributed by atoms with Gasteiger partial charge in [-0.05, 0) is 47.7 Å². The topological polar surface area (TPSA) is 28.7 Å². The van der Waals surface area contributed by atoms with Crippen LogP contribution in [-0.4, -0.2) is 4.57 Å². The number of benzene rings is 2. The zero-order valence-corrected chi connectivity index (χ0v) is 10.8. The summed E-state index contributed by atoms with van der Waals surface area (Å²) in [5.74, 6) is 0. The summed E-state index contributed by atoms with van der Waals surface area (Å²) in [5, 5.41) is 10.1. The van der Waals surface area contributed by atoms with Crippen LogP contribution in [0.1, 0.15) is 16.7 Å². The number of aromatic nitrogens is 1. The van der Waals surface area contributed by atoms with Gasteiger partial charge in [-0.3, -0.25) is 0 Å². The van der Waals surface area contributed by atoms with Gasteiger partial charge in [-0.15, -0.1) is 0 Å². The van der Waals surface area contributed by atoms with Crippen molar-refractivity contribution in [1.82, 2.24) is 4.57 Å². The van der Waals surface area contributed by atoms with Crippen molar-refractivity contribution in [3.63, 3.8) is 0 Å². The number of aryl methyl sites for hydroxylation is 1. The van der Waals surface area contributed by atoms with Crippen molar-refractivity contribution in [1.29, 1.82) is 5.26 Å². The van der Waals surface area contributed by atoms with Crippen molar-refractivity contribution in [2.45, 2.75) is 13.5 Å². The fourth-order valence-electron chi connectivity index (χ4n) is 2.31. The van der Waals surface area contributed by atoms with Crippen LogP contribution >= 0.6 is 0 Å². The first-order valence-electron chi connectivity index (χ1n) is 6.31. The molecule has 0 aliphatic carbocycles. The lowest BCUT2D eigenvalue weighted by molar-refractivity contribution is 0.836. The second-order valence-electron chi connectivity index (χ2n) is 4.81. The smallest absolute Gasteiger partial charge is 0.0991 e. The summed E-state index contributed by atoms with van der Waals surface area (Å²) < 4.78 is 2.24. The fourth-order valence-corrected chi connectivity index (χ4v) is 2.31. The van der Waals surface area contributed by atoms with Gasteiger partial charge in [0, 0.05) is 18.3 Å². The van der Waals surface area contributed by atoms with E-state index >= 15 is 0 Å². The van der Waals surface area contributed by atoms with E-state index in [1.165, 1.54) is 22.0 Å². The highest BCUT2D eigenvalue weighted by Crippen LogP contribution is 2.18. The van der Waals surface area contributed by atoms with Crippen molar-refractivity contribution in [2.75, 3.05) is 0 Å². The summed E-state index contributed by atoms with van der Waals surface area (Å²) in [4.78, 5) is 0. The average Bonchev–Trinajstić information content (AvgIpc) is 2.82. The molecule has 2 aromatic carbocycles. The van der Waals surface area contributed by atoms with Gasteiger partial charge in [0.05, 0.1) is 11.6 Å². The van der Waals surface area contributed by atoms with E-state index in [4.69, 9.17) is 5.26 Å². The first kappa shape index (κ1) is 11.6. The lowest BCUT2D eigenvalue weighted by Gasteiger charge is -2.06. The first-order chi connectivity index (χ1) is 9.26. The highest BCUT2D eigenvalue weighted by molar-refractivity contribution is 5.80. The Labute approximate surface area is 112 Å². The molecule has 1 heterocycles. The third-order valence-corrected chi connectivity index (χ3v) is 3.37. The number of hydrogen-bond donors (Lipinski definition) is 0. The third kappa shape index (κ3) is 2.23. The Morgan fingerprint density at radius 3 is 2.58 bits per heavy atom. The van der Waals surface area contributed by atoms with Crippen molar-refractivity contribution >= 4 is 10.9 Å². The SMILES string of the molecule is Cc1ccc2ccn(Cc3ccc(C#N)cc3)c2c1. The zero-order valence-electron chi connectivity index (χ0n) is 10.8. The van der Waals surface area contributed by atoms with E-state index in [1.54, 1.807) is 0 Å². The van der Waals surface area contributed by atoms with Crippen LogP contribution in [0.25, 0.3) is 10.9 Å². The third-order valence-electron chi connectivity index (χ3n) is 3.37. The second kappa shape index (κ2) is 4.62. The molecular weight excluding hydrogens is 232 g/mol. The molecule has 2 nitrogen and oxygen atoms in total. The average molecular weight is 246 g/mol. The van der Waals surface area contributed by atoms with Gasteiger partial charge in [-0.25, -0.2) is 0 Å². The van der Waals surface area contributed by atoms with E-state index in [-0.39, 0.29) is 0 Å². The summed E-state index contributed by atoms with van der Waals surface area (Å²) >= 11 is 0. The summed E-state index contributed by atoms with van der Waals surface area (Å²) in [6.07, 6.45) is 2.11. The molecule has 0 bridgehead atoms. The van der Waals surface area contributed by atoms with Crippen LogP contribution in [0.15, 0.2) is 54.7 Å². The van der Waals surface area contributed by atoms with Gasteiger partial charge in [-0.1, -0.05) is 24.3 Å². The van der Waals surface area contributed by atoms with E-state index in [0.717, 1.165) is 6.54 Å². The van der Waals surface area contributed by atoms with E-state index in [0.29, 0.717) is 5.56 Å². The largest absolute Gasteiger partial charge is 0.343 e. The standard InChI is InChI=1S/C17H14N2/c1-13-2-7-16-8-9-19(17(16)10-13)12-15-5-3-14(11-18)4-6-15/h2-10H,12H2,1H3. The van der Waals surface area contributed by atoms with E-state index < -0.39 is 0 Å². The summed E-state index contributed by atoms with van der Waals surface area (Å²) in [6.45, 7) is 2.94. The fraction of sp³-hybridized carbons (Fsp3) is 0.118. The highest BCUT2D eigenvalue weighted by atomic mass is 14.9. The molecule has 0 atom stereocenters. The number of nitriles is 1. The number of nitrogens with zero attached hydrogens (tertiary/aromatic N) is 2. The van der Waals surface area contributed by atoms with E-state index in [2.05, 4.69) is 48.0 Å². The number of hydrogen-bond acceptors (Lipinski definition) is 1. The van der Waals surface area contributed by atoms with Crippen molar-refractivity contribution in [3.05, 3.63) is 71.4 Å². The Hall–Kier alpha value is -2.53. The molecule has 0 saturated heterocycles. The first-order valence-corrected chi connectivity index (χ1v) is 6.31. The predicted molar refractivity (Wildman–Crippen MR) is 76.9 cm³/mol. The van der Waals surface area contributed by atoms with Crippen LogP contribution in [0.2, 0.25) is 0 Å². The van der Waals surface area contributed by atoms with E-state index in [9.17, 15) is 0 Å². The molecule has 92 valence electrons. The van der Waals surface area contributed by atoms with Gasteiger partial charge >= 0.3 is 0 Å². The summed E-state index contributed by atoms with van der Waals surface area (Å²) in [5.41, 5.74) is 4.44. The summed E-state index contributed by atoms with van der Waals surface area (Å²) in [7, 11) is 0. The molecule has 0 fully saturated rings. The molecule has 0 radical (unpaired) electrons. The molecule has 19 heavy (non-hydrogen) atoms. The molecule has 0 aliphatic rings. The second-order valence-corrected chi connectivity index (χ2v) is 4.81. The van der Waals surface area contributed by atoms with Crippen molar-refractivity contribution < 1.29 is 0 Å². The molecule has 0 aliphatic heterocycles. The lowest BCUT2D eigenvalue weighted by atomic mass is 10.1. The van der Waals surface area contributed by atoms with Crippen LogP contribution in [-0.2, 0) is 6.54 Å². The van der Waals surface area contributed by atoms with Crippen LogP contribution in [0.3, 0.4) is 0 Å². The van der Waals surface area contributed by atoms with Crippen molar-refractivity contribution in [3.8, 4) is 6.07 Å². The Kier molecular flexibility index (Phi) is 2.81. The lowest BCUT2D eigenvalue weighted by Crippen LogP contribution is -1.97. The molecule has 0 unspecified atom stereocenters. The van der Waals surface area contributed by atoms with Gasteiger partial charge in [0.1, 0.15) is 0 Å². The molecule has 0 N–H and O–H groups in total. The Bertz CT molecular complexity index is 758. The zero-order chi connectivity index (χ0) is 13.2. The van der Waals surface area contributed by atoms with Crippen LogP contribution in [0, 0.1) is 18.3 Å². The van der Waals surface area contributed by atoms with Gasteiger partial charge in [0.15, 0.2) is 0 Å². The van der Waals surface area contributed by atoms with Gasteiger partial charge in [0.25, 0.3) is 0 Å². The molecule has 0 saturated carbocycles. The molecule has 2 heteroatoms. The van der Waals surface area contributed by atoms with Crippen molar-refractivity contribution in [2.24, 2.45) is 0 Å². The number of rotatable bonds is 2. The normalized spacial score (nSPS) is 10.5. The maximum Gasteiger partial charge on any atom is 0.0991 e. The molecule has 3 aromatic rings. The summed E-state index contributed by atoms with van der Waals surface area (Å²) in [6, 6.07) is 18.5. The van der Waals surface area contributed by atoms with E-state index in [1.807, 2.05) is 24.3 Å². The Morgan fingerprint density at radius 1 is 1.05 bits per heavy atom. The minimum Gasteiger partial charge on any atom is -0.343 e. The highest BCUT2D eigenvalue weighted by Gasteiger charge is 2.02. The molecule has 3 rings (SSSR count).